The van der Waals surface area contributed by atoms with Crippen molar-refractivity contribution >= 4 is 0 Å². The van der Waals surface area contributed by atoms with Crippen LogP contribution in [0, 0.1) is 11.6 Å². The van der Waals surface area contributed by atoms with E-state index < -0.39 is 17.7 Å². The molecule has 1 heterocycles. The quantitative estimate of drug-likeness (QED) is 0.907. The fourth-order valence-corrected chi connectivity index (χ4v) is 1.93. The van der Waals surface area contributed by atoms with Crippen molar-refractivity contribution < 1.29 is 8.78 Å². The van der Waals surface area contributed by atoms with Crippen molar-refractivity contribution in [3.63, 3.8) is 0 Å². The number of aryl methyl sites for hydroxylation is 1. The lowest BCUT2D eigenvalue weighted by Crippen LogP contribution is -2.19. The summed E-state index contributed by atoms with van der Waals surface area (Å²) < 4.78 is 28.6. The summed E-state index contributed by atoms with van der Waals surface area (Å²) in [6.07, 6.45) is 2.51. The zero-order valence-electron chi connectivity index (χ0n) is 10.1. The molecule has 0 radical (unpaired) electrons. The van der Waals surface area contributed by atoms with Gasteiger partial charge in [-0.2, -0.15) is 5.10 Å². The first-order valence-electron chi connectivity index (χ1n) is 5.86. The fraction of sp³-hybridized carbons (Fsp3) is 0.308. The number of aromatic nitrogens is 2. The Morgan fingerprint density at radius 2 is 2.11 bits per heavy atom. The van der Waals surface area contributed by atoms with E-state index in [1.54, 1.807) is 16.9 Å². The maximum atomic E-state index is 13.7. The summed E-state index contributed by atoms with van der Waals surface area (Å²) in [5.41, 5.74) is 6.82. The molecular formula is C13H15F2N3. The van der Waals surface area contributed by atoms with Gasteiger partial charge in [-0.05, 0) is 18.6 Å². The van der Waals surface area contributed by atoms with E-state index in [1.165, 1.54) is 12.1 Å². The van der Waals surface area contributed by atoms with E-state index in [0.717, 1.165) is 12.5 Å². The van der Waals surface area contributed by atoms with Crippen LogP contribution >= 0.6 is 0 Å². The van der Waals surface area contributed by atoms with Gasteiger partial charge in [-0.3, -0.25) is 4.68 Å². The predicted octanol–water partition coefficient (Wildman–Crippen LogP) is 2.62. The standard InChI is InChI=1S/C13H15F2N3/c1-2-8-18-11(6-7-17-18)13(16)9-4-3-5-10(14)12(9)15/h3-7,13H,2,8,16H2,1H3. The van der Waals surface area contributed by atoms with Crippen molar-refractivity contribution in [1.29, 1.82) is 0 Å². The number of hydrogen-bond donors (Lipinski definition) is 1. The van der Waals surface area contributed by atoms with Crippen molar-refractivity contribution in [2.24, 2.45) is 5.73 Å². The van der Waals surface area contributed by atoms with E-state index >= 15 is 0 Å². The molecule has 0 amide bonds. The Morgan fingerprint density at radius 3 is 2.83 bits per heavy atom. The molecule has 5 heteroatoms. The molecule has 0 aliphatic rings. The van der Waals surface area contributed by atoms with Gasteiger partial charge in [0.05, 0.1) is 11.7 Å². The van der Waals surface area contributed by atoms with Gasteiger partial charge < -0.3 is 5.73 Å². The highest BCUT2D eigenvalue weighted by Gasteiger charge is 2.19. The molecule has 1 aromatic heterocycles. The van der Waals surface area contributed by atoms with Crippen molar-refractivity contribution in [2.45, 2.75) is 25.9 Å². The molecule has 0 saturated carbocycles. The average Bonchev–Trinajstić information content (AvgIpc) is 2.80. The topological polar surface area (TPSA) is 43.8 Å². The Bertz CT molecular complexity index is 537. The lowest BCUT2D eigenvalue weighted by atomic mass is 10.0. The predicted molar refractivity (Wildman–Crippen MR) is 64.9 cm³/mol. The van der Waals surface area contributed by atoms with Crippen LogP contribution < -0.4 is 5.73 Å². The van der Waals surface area contributed by atoms with Crippen LogP contribution in [0.2, 0.25) is 0 Å². The van der Waals surface area contributed by atoms with Gasteiger partial charge in [0, 0.05) is 18.3 Å². The lowest BCUT2D eigenvalue weighted by molar-refractivity contribution is 0.488. The summed E-state index contributed by atoms with van der Waals surface area (Å²) in [5, 5.41) is 4.13. The van der Waals surface area contributed by atoms with Gasteiger partial charge in [-0.1, -0.05) is 19.1 Å². The van der Waals surface area contributed by atoms with Gasteiger partial charge in [0.15, 0.2) is 11.6 Å². The van der Waals surface area contributed by atoms with Crippen molar-refractivity contribution in [3.05, 3.63) is 53.4 Å². The smallest absolute Gasteiger partial charge is 0.163 e. The fourth-order valence-electron chi connectivity index (χ4n) is 1.93. The molecule has 96 valence electrons. The molecule has 0 aliphatic carbocycles. The molecule has 2 rings (SSSR count). The van der Waals surface area contributed by atoms with Crippen LogP contribution in [-0.4, -0.2) is 9.78 Å². The van der Waals surface area contributed by atoms with Crippen LogP contribution in [0.15, 0.2) is 30.5 Å². The summed E-state index contributed by atoms with van der Waals surface area (Å²) in [6.45, 7) is 2.72. The highest BCUT2D eigenvalue weighted by atomic mass is 19.2. The van der Waals surface area contributed by atoms with E-state index in [-0.39, 0.29) is 5.56 Å². The van der Waals surface area contributed by atoms with E-state index in [9.17, 15) is 8.78 Å². The molecule has 1 aromatic carbocycles. The van der Waals surface area contributed by atoms with Gasteiger partial charge in [0.2, 0.25) is 0 Å². The Morgan fingerprint density at radius 1 is 1.33 bits per heavy atom. The molecule has 3 nitrogen and oxygen atoms in total. The first-order valence-corrected chi connectivity index (χ1v) is 5.86. The molecule has 2 N–H and O–H groups in total. The minimum absolute atomic E-state index is 0.146. The average molecular weight is 251 g/mol. The third-order valence-electron chi connectivity index (χ3n) is 2.82. The molecule has 0 aliphatic heterocycles. The second kappa shape index (κ2) is 5.27. The number of hydrogen-bond acceptors (Lipinski definition) is 2. The normalized spacial score (nSPS) is 12.7. The molecule has 0 spiro atoms. The van der Waals surface area contributed by atoms with Crippen molar-refractivity contribution in [1.82, 2.24) is 9.78 Å². The molecule has 18 heavy (non-hydrogen) atoms. The Labute approximate surface area is 104 Å². The van der Waals surface area contributed by atoms with Crippen LogP contribution in [0.3, 0.4) is 0 Å². The van der Waals surface area contributed by atoms with Gasteiger partial charge in [-0.25, -0.2) is 8.78 Å². The first kappa shape index (κ1) is 12.7. The number of nitrogens with zero attached hydrogens (tertiary/aromatic N) is 2. The van der Waals surface area contributed by atoms with E-state index in [2.05, 4.69) is 5.10 Å². The molecule has 0 bridgehead atoms. The zero-order chi connectivity index (χ0) is 13.1. The number of halogens is 2. The van der Waals surface area contributed by atoms with Gasteiger partial charge >= 0.3 is 0 Å². The van der Waals surface area contributed by atoms with Crippen LogP contribution in [-0.2, 0) is 6.54 Å². The largest absolute Gasteiger partial charge is 0.319 e. The Balaban J connectivity index is 2.38. The van der Waals surface area contributed by atoms with Crippen LogP contribution in [0.5, 0.6) is 0 Å². The Kier molecular flexibility index (Phi) is 3.72. The zero-order valence-corrected chi connectivity index (χ0v) is 10.1. The van der Waals surface area contributed by atoms with Gasteiger partial charge in [-0.15, -0.1) is 0 Å². The third-order valence-corrected chi connectivity index (χ3v) is 2.82. The molecule has 0 fully saturated rings. The van der Waals surface area contributed by atoms with E-state index in [4.69, 9.17) is 5.73 Å². The van der Waals surface area contributed by atoms with E-state index in [1.807, 2.05) is 6.92 Å². The second-order valence-electron chi connectivity index (χ2n) is 4.10. The highest BCUT2D eigenvalue weighted by Crippen LogP contribution is 2.23. The number of rotatable bonds is 4. The molecular weight excluding hydrogens is 236 g/mol. The summed E-state index contributed by atoms with van der Waals surface area (Å²) in [5.74, 6) is -1.78. The summed E-state index contributed by atoms with van der Waals surface area (Å²) in [7, 11) is 0. The summed E-state index contributed by atoms with van der Waals surface area (Å²) in [6, 6.07) is 5.04. The number of nitrogens with two attached hydrogens (primary N) is 1. The summed E-state index contributed by atoms with van der Waals surface area (Å²) >= 11 is 0. The van der Waals surface area contributed by atoms with Crippen molar-refractivity contribution in [2.75, 3.05) is 0 Å². The highest BCUT2D eigenvalue weighted by molar-refractivity contribution is 5.29. The first-order chi connectivity index (χ1) is 8.65. The monoisotopic (exact) mass is 251 g/mol. The van der Waals surface area contributed by atoms with E-state index in [0.29, 0.717) is 12.2 Å². The molecule has 1 atom stereocenters. The van der Waals surface area contributed by atoms with Gasteiger partial charge in [0.25, 0.3) is 0 Å². The SMILES string of the molecule is CCCn1nccc1C(N)c1cccc(F)c1F. The summed E-state index contributed by atoms with van der Waals surface area (Å²) in [4.78, 5) is 0. The maximum Gasteiger partial charge on any atom is 0.163 e. The van der Waals surface area contributed by atoms with Crippen LogP contribution in [0.25, 0.3) is 0 Å². The van der Waals surface area contributed by atoms with Gasteiger partial charge in [0.1, 0.15) is 0 Å². The Hall–Kier alpha value is -1.75. The van der Waals surface area contributed by atoms with Crippen LogP contribution in [0.4, 0.5) is 8.78 Å². The minimum Gasteiger partial charge on any atom is -0.319 e. The number of benzene rings is 1. The molecule has 1 unspecified atom stereocenters. The minimum atomic E-state index is -0.894. The molecule has 0 saturated heterocycles. The second-order valence-corrected chi connectivity index (χ2v) is 4.10. The third kappa shape index (κ3) is 2.26. The molecule has 2 aromatic rings. The van der Waals surface area contributed by atoms with Crippen LogP contribution in [0.1, 0.15) is 30.6 Å². The van der Waals surface area contributed by atoms with Crippen molar-refractivity contribution in [3.8, 4) is 0 Å². The lowest BCUT2D eigenvalue weighted by Gasteiger charge is -2.15. The maximum absolute atomic E-state index is 13.7.